The van der Waals surface area contributed by atoms with Gasteiger partial charge in [0.1, 0.15) is 5.75 Å². The molecule has 0 saturated heterocycles. The summed E-state index contributed by atoms with van der Waals surface area (Å²) in [6, 6.07) is 5.91. The second kappa shape index (κ2) is 8.35. The third-order valence-electron chi connectivity index (χ3n) is 5.98. The molecule has 156 valence electrons. The molecule has 0 spiro atoms. The summed E-state index contributed by atoms with van der Waals surface area (Å²) >= 11 is 0. The highest BCUT2D eigenvalue weighted by Gasteiger charge is 2.24. The van der Waals surface area contributed by atoms with Crippen molar-refractivity contribution in [3.05, 3.63) is 35.2 Å². The van der Waals surface area contributed by atoms with Gasteiger partial charge in [0.25, 0.3) is 0 Å². The predicted octanol–water partition coefficient (Wildman–Crippen LogP) is 3.43. The number of rotatable bonds is 6. The molecule has 1 fully saturated rings. The molecule has 1 aromatic carbocycles. The Morgan fingerprint density at radius 2 is 1.93 bits per heavy atom. The zero-order valence-corrected chi connectivity index (χ0v) is 17.4. The van der Waals surface area contributed by atoms with Crippen molar-refractivity contribution in [1.82, 2.24) is 15.1 Å². The molecular weight excluding hydrogens is 370 g/mol. The molecule has 1 saturated carbocycles. The summed E-state index contributed by atoms with van der Waals surface area (Å²) in [5, 5.41) is 7.68. The lowest BCUT2D eigenvalue weighted by atomic mass is 9.93. The molecule has 29 heavy (non-hydrogen) atoms. The molecule has 1 N–H and O–H groups in total. The van der Waals surface area contributed by atoms with Gasteiger partial charge in [0.2, 0.25) is 12.7 Å². The van der Waals surface area contributed by atoms with Crippen LogP contribution < -0.4 is 19.5 Å². The van der Waals surface area contributed by atoms with Crippen molar-refractivity contribution in [2.45, 2.75) is 71.6 Å². The molecule has 1 amide bonds. The standard InChI is InChI=1S/C22H29N3O4/c1-14-15(2)24-25(16(14)3)11-10-22(26)23-17-4-6-18(7-5-17)29-19-8-9-20-21(12-19)28-13-27-20/h8-9,12,17-18H,4-7,10-11,13H2,1-3H3,(H,23,26). The Hall–Kier alpha value is -2.70. The van der Waals surface area contributed by atoms with Crippen LogP contribution in [0.4, 0.5) is 0 Å². The molecule has 0 radical (unpaired) electrons. The largest absolute Gasteiger partial charge is 0.490 e. The highest BCUT2D eigenvalue weighted by atomic mass is 16.7. The number of hydrogen-bond acceptors (Lipinski definition) is 5. The van der Waals surface area contributed by atoms with Gasteiger partial charge in [-0.3, -0.25) is 9.48 Å². The van der Waals surface area contributed by atoms with Crippen LogP contribution in [0.5, 0.6) is 17.2 Å². The maximum atomic E-state index is 12.4. The molecular formula is C22H29N3O4. The van der Waals surface area contributed by atoms with Crippen molar-refractivity contribution in [3.63, 3.8) is 0 Å². The van der Waals surface area contributed by atoms with E-state index in [0.29, 0.717) is 13.0 Å². The number of benzene rings is 1. The van der Waals surface area contributed by atoms with Crippen molar-refractivity contribution in [2.24, 2.45) is 0 Å². The third-order valence-corrected chi connectivity index (χ3v) is 5.98. The number of nitrogens with one attached hydrogen (secondary N) is 1. The molecule has 0 bridgehead atoms. The summed E-state index contributed by atoms with van der Waals surface area (Å²) in [6.45, 7) is 7.01. The lowest BCUT2D eigenvalue weighted by Crippen LogP contribution is -2.40. The number of amides is 1. The number of aryl methyl sites for hydroxylation is 2. The van der Waals surface area contributed by atoms with E-state index in [4.69, 9.17) is 14.2 Å². The van der Waals surface area contributed by atoms with E-state index in [2.05, 4.69) is 24.3 Å². The average Bonchev–Trinajstić information content (AvgIpc) is 3.27. The van der Waals surface area contributed by atoms with Crippen molar-refractivity contribution in [1.29, 1.82) is 0 Å². The molecule has 2 heterocycles. The molecule has 2 aliphatic rings. The van der Waals surface area contributed by atoms with Crippen LogP contribution in [-0.2, 0) is 11.3 Å². The number of nitrogens with zero attached hydrogens (tertiary/aromatic N) is 2. The summed E-state index contributed by atoms with van der Waals surface area (Å²) in [5.41, 5.74) is 3.37. The average molecular weight is 399 g/mol. The summed E-state index contributed by atoms with van der Waals surface area (Å²) < 4.78 is 18.8. The molecule has 1 aliphatic carbocycles. The molecule has 0 unspecified atom stereocenters. The van der Waals surface area contributed by atoms with E-state index in [1.807, 2.05) is 29.8 Å². The number of hydrogen-bond donors (Lipinski definition) is 1. The van der Waals surface area contributed by atoms with E-state index in [-0.39, 0.29) is 24.8 Å². The summed E-state index contributed by atoms with van der Waals surface area (Å²) in [4.78, 5) is 12.4. The Balaban J connectivity index is 1.20. The van der Waals surface area contributed by atoms with E-state index in [1.165, 1.54) is 5.56 Å². The summed E-state index contributed by atoms with van der Waals surface area (Å²) in [5.74, 6) is 2.40. The highest BCUT2D eigenvalue weighted by Crippen LogP contribution is 2.36. The molecule has 0 atom stereocenters. The monoisotopic (exact) mass is 399 g/mol. The van der Waals surface area contributed by atoms with Crippen molar-refractivity contribution >= 4 is 5.91 Å². The topological polar surface area (TPSA) is 74.6 Å². The van der Waals surface area contributed by atoms with Crippen LogP contribution in [0, 0.1) is 20.8 Å². The van der Waals surface area contributed by atoms with Crippen molar-refractivity contribution in [3.8, 4) is 17.2 Å². The number of aromatic nitrogens is 2. The third kappa shape index (κ3) is 4.49. The Morgan fingerprint density at radius 3 is 2.66 bits per heavy atom. The van der Waals surface area contributed by atoms with Gasteiger partial charge >= 0.3 is 0 Å². The van der Waals surface area contributed by atoms with E-state index in [1.54, 1.807) is 0 Å². The molecule has 4 rings (SSSR count). The molecule has 1 aliphatic heterocycles. The van der Waals surface area contributed by atoms with E-state index >= 15 is 0 Å². The highest BCUT2D eigenvalue weighted by molar-refractivity contribution is 5.76. The van der Waals surface area contributed by atoms with Gasteiger partial charge in [-0.05, 0) is 64.2 Å². The van der Waals surface area contributed by atoms with Crippen LogP contribution in [0.25, 0.3) is 0 Å². The first-order valence-corrected chi connectivity index (χ1v) is 10.4. The van der Waals surface area contributed by atoms with Crippen LogP contribution in [-0.4, -0.2) is 34.6 Å². The summed E-state index contributed by atoms with van der Waals surface area (Å²) in [6.07, 6.45) is 4.34. The Bertz CT molecular complexity index is 884. The number of fused-ring (bicyclic) bond motifs is 1. The van der Waals surface area contributed by atoms with Gasteiger partial charge in [0.15, 0.2) is 11.5 Å². The Labute approximate surface area is 171 Å². The van der Waals surface area contributed by atoms with E-state index < -0.39 is 0 Å². The maximum Gasteiger partial charge on any atom is 0.231 e. The second-order valence-electron chi connectivity index (χ2n) is 7.94. The van der Waals surface area contributed by atoms with Crippen molar-refractivity contribution in [2.75, 3.05) is 6.79 Å². The normalized spacial score (nSPS) is 20.5. The van der Waals surface area contributed by atoms with Gasteiger partial charge in [-0.15, -0.1) is 0 Å². The molecule has 7 nitrogen and oxygen atoms in total. The van der Waals surface area contributed by atoms with Gasteiger partial charge in [-0.1, -0.05) is 0 Å². The van der Waals surface area contributed by atoms with E-state index in [0.717, 1.165) is 54.3 Å². The lowest BCUT2D eigenvalue weighted by molar-refractivity contribution is -0.122. The zero-order valence-electron chi connectivity index (χ0n) is 17.4. The van der Waals surface area contributed by atoms with Gasteiger partial charge < -0.3 is 19.5 Å². The fraction of sp³-hybridized carbons (Fsp3) is 0.545. The van der Waals surface area contributed by atoms with Gasteiger partial charge in [0.05, 0.1) is 11.8 Å². The van der Waals surface area contributed by atoms with Crippen LogP contribution in [0.15, 0.2) is 18.2 Å². The van der Waals surface area contributed by atoms with Crippen LogP contribution in [0.2, 0.25) is 0 Å². The second-order valence-corrected chi connectivity index (χ2v) is 7.94. The first-order chi connectivity index (χ1) is 14.0. The number of carbonyl (C=O) groups is 1. The number of carbonyl (C=O) groups excluding carboxylic acids is 1. The smallest absolute Gasteiger partial charge is 0.231 e. The van der Waals surface area contributed by atoms with Crippen molar-refractivity contribution < 1.29 is 19.0 Å². The minimum absolute atomic E-state index is 0.0929. The lowest BCUT2D eigenvalue weighted by Gasteiger charge is -2.29. The SMILES string of the molecule is Cc1nn(CCC(=O)NC2CCC(Oc3ccc4c(c3)OCO4)CC2)c(C)c1C. The fourth-order valence-electron chi connectivity index (χ4n) is 3.98. The zero-order chi connectivity index (χ0) is 20.4. The Morgan fingerprint density at radius 1 is 1.17 bits per heavy atom. The van der Waals surface area contributed by atoms with Gasteiger partial charge in [0, 0.05) is 30.8 Å². The van der Waals surface area contributed by atoms with Crippen LogP contribution in [0.3, 0.4) is 0 Å². The molecule has 2 aromatic rings. The Kier molecular flexibility index (Phi) is 5.65. The minimum atomic E-state index is 0.0929. The van der Waals surface area contributed by atoms with Crippen LogP contribution >= 0.6 is 0 Å². The van der Waals surface area contributed by atoms with E-state index in [9.17, 15) is 4.79 Å². The molecule has 7 heteroatoms. The minimum Gasteiger partial charge on any atom is -0.490 e. The number of ether oxygens (including phenoxy) is 3. The van der Waals surface area contributed by atoms with Gasteiger partial charge in [-0.2, -0.15) is 5.10 Å². The van der Waals surface area contributed by atoms with Crippen LogP contribution in [0.1, 0.15) is 49.1 Å². The first-order valence-electron chi connectivity index (χ1n) is 10.4. The first kappa shape index (κ1) is 19.6. The fourth-order valence-corrected chi connectivity index (χ4v) is 3.98. The van der Waals surface area contributed by atoms with Gasteiger partial charge in [-0.25, -0.2) is 0 Å². The maximum absolute atomic E-state index is 12.4. The quantitative estimate of drug-likeness (QED) is 0.805. The molecule has 1 aromatic heterocycles. The summed E-state index contributed by atoms with van der Waals surface area (Å²) in [7, 11) is 0. The predicted molar refractivity (Wildman–Crippen MR) is 108 cm³/mol.